The zero-order valence-electron chi connectivity index (χ0n) is 18.0. The fourth-order valence-corrected chi connectivity index (χ4v) is 3.53. The molecule has 1 N–H and O–H groups in total. The van der Waals surface area contributed by atoms with E-state index in [0.717, 1.165) is 16.7 Å². The summed E-state index contributed by atoms with van der Waals surface area (Å²) < 4.78 is 58.2. The zero-order chi connectivity index (χ0) is 23.5. The van der Waals surface area contributed by atoms with Gasteiger partial charge in [-0.2, -0.15) is 18.2 Å². The monoisotopic (exact) mass is 455 g/mol. The number of ether oxygens (including phenoxy) is 1. The van der Waals surface area contributed by atoms with Crippen molar-refractivity contribution in [2.24, 2.45) is 0 Å². The SMILES string of the molecule is CC(=O)N[C@@H](C)c1ccc(O[C@@H]2CCN(c3nc(N(C)CC(F)(F)F)ncc3F)C2)cc1. The minimum absolute atomic E-state index is 0.0467. The molecule has 1 aliphatic rings. The van der Waals surface area contributed by atoms with Gasteiger partial charge in [0, 0.05) is 26.9 Å². The van der Waals surface area contributed by atoms with Crippen LogP contribution in [-0.4, -0.2) is 54.8 Å². The van der Waals surface area contributed by atoms with Gasteiger partial charge in [-0.3, -0.25) is 4.79 Å². The maximum Gasteiger partial charge on any atom is 0.406 e. The number of carbonyl (C=O) groups is 1. The molecule has 7 nitrogen and oxygen atoms in total. The topological polar surface area (TPSA) is 70.6 Å². The Morgan fingerprint density at radius 2 is 2.03 bits per heavy atom. The van der Waals surface area contributed by atoms with Crippen LogP contribution >= 0.6 is 0 Å². The third-order valence-corrected chi connectivity index (χ3v) is 5.02. The first-order valence-corrected chi connectivity index (χ1v) is 10.1. The molecule has 0 saturated carbocycles. The number of nitrogens with one attached hydrogen (secondary N) is 1. The number of hydrogen-bond donors (Lipinski definition) is 1. The molecule has 1 amide bonds. The lowest BCUT2D eigenvalue weighted by atomic mass is 10.1. The van der Waals surface area contributed by atoms with E-state index >= 15 is 0 Å². The van der Waals surface area contributed by atoms with Crippen LogP contribution in [0.5, 0.6) is 5.75 Å². The van der Waals surface area contributed by atoms with Crippen LogP contribution in [0.15, 0.2) is 30.5 Å². The molecular formula is C21H25F4N5O2. The fraction of sp³-hybridized carbons (Fsp3) is 0.476. The molecule has 0 unspecified atom stereocenters. The second-order valence-corrected chi connectivity index (χ2v) is 7.78. The van der Waals surface area contributed by atoms with Crippen LogP contribution in [0.1, 0.15) is 31.9 Å². The average molecular weight is 455 g/mol. The minimum atomic E-state index is -4.42. The second-order valence-electron chi connectivity index (χ2n) is 7.78. The highest BCUT2D eigenvalue weighted by molar-refractivity contribution is 5.73. The van der Waals surface area contributed by atoms with Gasteiger partial charge in [-0.25, -0.2) is 9.37 Å². The molecule has 0 spiro atoms. The molecule has 174 valence electrons. The Morgan fingerprint density at radius 1 is 1.34 bits per heavy atom. The number of carbonyl (C=O) groups excluding carboxylic acids is 1. The van der Waals surface area contributed by atoms with Gasteiger partial charge in [0.25, 0.3) is 0 Å². The van der Waals surface area contributed by atoms with Gasteiger partial charge < -0.3 is 19.9 Å². The van der Waals surface area contributed by atoms with E-state index in [1.54, 1.807) is 17.0 Å². The van der Waals surface area contributed by atoms with Gasteiger partial charge in [-0.1, -0.05) is 12.1 Å². The molecule has 0 bridgehead atoms. The van der Waals surface area contributed by atoms with Crippen LogP contribution in [0.3, 0.4) is 0 Å². The van der Waals surface area contributed by atoms with Crippen molar-refractivity contribution in [3.63, 3.8) is 0 Å². The van der Waals surface area contributed by atoms with Crippen molar-refractivity contribution in [1.29, 1.82) is 0 Å². The number of halogens is 4. The van der Waals surface area contributed by atoms with Crippen LogP contribution < -0.4 is 19.9 Å². The molecule has 2 atom stereocenters. The van der Waals surface area contributed by atoms with E-state index in [9.17, 15) is 22.4 Å². The Bertz CT molecular complexity index is 939. The van der Waals surface area contributed by atoms with E-state index in [-0.39, 0.29) is 29.8 Å². The number of rotatable bonds is 7. The quantitative estimate of drug-likeness (QED) is 0.645. The van der Waals surface area contributed by atoms with Gasteiger partial charge >= 0.3 is 6.18 Å². The standard InChI is InChI=1S/C21H25F4N5O2/c1-13(27-14(2)31)15-4-6-16(7-5-15)32-17-8-9-30(11-17)19-18(22)10-26-20(28-19)29(3)12-21(23,24)25/h4-7,10,13,17H,8-9,11-12H2,1-3H3,(H,27,31)/t13-,17+/m0/s1. The number of amides is 1. The van der Waals surface area contributed by atoms with Crippen LogP contribution in [-0.2, 0) is 4.79 Å². The van der Waals surface area contributed by atoms with Gasteiger partial charge in [-0.15, -0.1) is 0 Å². The van der Waals surface area contributed by atoms with Crippen molar-refractivity contribution in [2.45, 2.75) is 38.6 Å². The summed E-state index contributed by atoms with van der Waals surface area (Å²) in [6.07, 6.45) is -3.18. The van der Waals surface area contributed by atoms with Gasteiger partial charge in [0.1, 0.15) is 18.4 Å². The molecule has 3 rings (SSSR count). The second kappa shape index (κ2) is 9.58. The number of anilines is 2. The van der Waals surface area contributed by atoms with E-state index in [0.29, 0.717) is 25.3 Å². The third kappa shape index (κ3) is 6.21. The van der Waals surface area contributed by atoms with Crippen molar-refractivity contribution in [2.75, 3.05) is 36.5 Å². The summed E-state index contributed by atoms with van der Waals surface area (Å²) in [5.41, 5.74) is 0.930. The van der Waals surface area contributed by atoms with Gasteiger partial charge in [0.2, 0.25) is 11.9 Å². The number of benzene rings is 1. The smallest absolute Gasteiger partial charge is 0.406 e. The van der Waals surface area contributed by atoms with Crippen molar-refractivity contribution in [1.82, 2.24) is 15.3 Å². The molecule has 2 aromatic rings. The molecule has 1 saturated heterocycles. The number of hydrogen-bond acceptors (Lipinski definition) is 6. The highest BCUT2D eigenvalue weighted by atomic mass is 19.4. The highest BCUT2D eigenvalue weighted by Gasteiger charge is 2.32. The van der Waals surface area contributed by atoms with E-state index < -0.39 is 18.5 Å². The Labute approximate surface area is 183 Å². The lowest BCUT2D eigenvalue weighted by molar-refractivity contribution is -0.120. The predicted molar refractivity (Wildman–Crippen MR) is 111 cm³/mol. The van der Waals surface area contributed by atoms with E-state index in [1.165, 1.54) is 14.0 Å². The van der Waals surface area contributed by atoms with Crippen molar-refractivity contribution >= 4 is 17.7 Å². The molecule has 2 heterocycles. The molecule has 1 aromatic carbocycles. The molecule has 0 radical (unpaired) electrons. The van der Waals surface area contributed by atoms with Gasteiger partial charge in [0.15, 0.2) is 11.6 Å². The summed E-state index contributed by atoms with van der Waals surface area (Å²) in [6.45, 7) is 2.87. The molecule has 11 heteroatoms. The van der Waals surface area contributed by atoms with E-state index in [1.807, 2.05) is 19.1 Å². The molecule has 1 aromatic heterocycles. The van der Waals surface area contributed by atoms with Crippen molar-refractivity contribution < 1.29 is 27.1 Å². The summed E-state index contributed by atoms with van der Waals surface area (Å²) in [5, 5.41) is 2.81. The Hall–Kier alpha value is -3.11. The summed E-state index contributed by atoms with van der Waals surface area (Å²) in [6, 6.07) is 7.18. The van der Waals surface area contributed by atoms with Crippen LogP contribution in [0.4, 0.5) is 29.3 Å². The van der Waals surface area contributed by atoms with E-state index in [4.69, 9.17) is 4.74 Å². The Kier molecular flexibility index (Phi) is 7.05. The first-order chi connectivity index (χ1) is 15.0. The maximum absolute atomic E-state index is 14.3. The van der Waals surface area contributed by atoms with Crippen LogP contribution in [0, 0.1) is 5.82 Å². The number of alkyl halides is 3. The van der Waals surface area contributed by atoms with Crippen molar-refractivity contribution in [3.05, 3.63) is 41.8 Å². The molecule has 1 aliphatic heterocycles. The highest BCUT2D eigenvalue weighted by Crippen LogP contribution is 2.27. The normalized spacial score (nSPS) is 17.2. The molecule has 1 fully saturated rings. The molecule has 0 aliphatic carbocycles. The first kappa shape index (κ1) is 23.6. The van der Waals surface area contributed by atoms with Gasteiger partial charge in [-0.05, 0) is 24.6 Å². The lowest BCUT2D eigenvalue weighted by Crippen LogP contribution is -2.33. The van der Waals surface area contributed by atoms with Crippen molar-refractivity contribution in [3.8, 4) is 5.75 Å². The lowest BCUT2D eigenvalue weighted by Gasteiger charge is -2.22. The predicted octanol–water partition coefficient (Wildman–Crippen LogP) is 3.47. The number of aromatic nitrogens is 2. The first-order valence-electron chi connectivity index (χ1n) is 10.1. The maximum atomic E-state index is 14.3. The summed E-state index contributed by atoms with van der Waals surface area (Å²) in [4.78, 5) is 21.3. The average Bonchev–Trinajstić information content (AvgIpc) is 3.15. The largest absolute Gasteiger partial charge is 0.489 e. The van der Waals surface area contributed by atoms with Crippen LogP contribution in [0.25, 0.3) is 0 Å². The molecule has 32 heavy (non-hydrogen) atoms. The Morgan fingerprint density at radius 3 is 2.66 bits per heavy atom. The van der Waals surface area contributed by atoms with E-state index in [2.05, 4.69) is 15.3 Å². The van der Waals surface area contributed by atoms with Gasteiger partial charge in [0.05, 0.1) is 18.8 Å². The van der Waals surface area contributed by atoms with Crippen LogP contribution in [0.2, 0.25) is 0 Å². The third-order valence-electron chi connectivity index (χ3n) is 5.02. The summed E-state index contributed by atoms with van der Waals surface area (Å²) >= 11 is 0. The number of nitrogens with zero attached hydrogens (tertiary/aromatic N) is 4. The Balaban J connectivity index is 1.63. The minimum Gasteiger partial charge on any atom is -0.489 e. The summed E-state index contributed by atoms with van der Waals surface area (Å²) in [5.74, 6) is -0.439. The summed E-state index contributed by atoms with van der Waals surface area (Å²) in [7, 11) is 1.21. The zero-order valence-corrected chi connectivity index (χ0v) is 18.0. The fourth-order valence-electron chi connectivity index (χ4n) is 3.53. The molecular weight excluding hydrogens is 430 g/mol.